The maximum Gasteiger partial charge on any atom is 0.230 e. The van der Waals surface area contributed by atoms with Gasteiger partial charge in [0.15, 0.2) is 0 Å². The topological polar surface area (TPSA) is 56.9 Å². The number of nitrogens with zero attached hydrogens (tertiary/aromatic N) is 5. The molecule has 1 saturated heterocycles. The predicted molar refractivity (Wildman–Crippen MR) is 94.5 cm³/mol. The van der Waals surface area contributed by atoms with Crippen molar-refractivity contribution in [1.29, 1.82) is 0 Å². The van der Waals surface area contributed by atoms with Gasteiger partial charge in [-0.15, -0.1) is 0 Å². The van der Waals surface area contributed by atoms with E-state index in [1.165, 1.54) is 34.3 Å². The average molecular weight is 361 g/mol. The lowest BCUT2D eigenvalue weighted by molar-refractivity contribution is 0.113. The Morgan fingerprint density at radius 3 is 2.56 bits per heavy atom. The first-order chi connectivity index (χ1) is 12.2. The molecular formula is C17H20FN5OS. The fourth-order valence-electron chi connectivity index (χ4n) is 3.38. The van der Waals surface area contributed by atoms with Crippen molar-refractivity contribution >= 4 is 16.3 Å². The lowest BCUT2D eigenvalue weighted by atomic mass is 10.0. The summed E-state index contributed by atoms with van der Waals surface area (Å²) in [4.78, 5) is 10.4. The highest BCUT2D eigenvalue weighted by Gasteiger charge is 2.31. The molecule has 132 valence electrons. The summed E-state index contributed by atoms with van der Waals surface area (Å²) in [6.45, 7) is 6.95. The van der Waals surface area contributed by atoms with Gasteiger partial charge in [0, 0.05) is 26.2 Å². The molecule has 1 fully saturated rings. The molecule has 4 rings (SSSR count). The van der Waals surface area contributed by atoms with Gasteiger partial charge in [0.2, 0.25) is 10.8 Å². The summed E-state index contributed by atoms with van der Waals surface area (Å²) in [6.07, 6.45) is 1.43. The maximum atomic E-state index is 13.4. The van der Waals surface area contributed by atoms with E-state index >= 15 is 0 Å². The van der Waals surface area contributed by atoms with Crippen LogP contribution in [0.1, 0.15) is 23.4 Å². The van der Waals surface area contributed by atoms with Crippen molar-refractivity contribution in [2.75, 3.05) is 32.7 Å². The molecule has 1 aliphatic rings. The first kappa shape index (κ1) is 16.4. The molecule has 1 atom stereocenters. The molecule has 2 aromatic heterocycles. The van der Waals surface area contributed by atoms with E-state index in [1.807, 2.05) is 0 Å². The average Bonchev–Trinajstić information content (AvgIpc) is 3.21. The Labute approximate surface area is 149 Å². The number of hydrogen-bond donors (Lipinski definition) is 1. The normalized spacial score (nSPS) is 18.0. The van der Waals surface area contributed by atoms with Gasteiger partial charge in [0.25, 0.3) is 0 Å². The number of aromatic nitrogens is 3. The number of fused-ring (bicyclic) bond motifs is 1. The third kappa shape index (κ3) is 3.01. The number of hydrogen-bond acceptors (Lipinski definition) is 6. The van der Waals surface area contributed by atoms with Crippen molar-refractivity contribution in [3.05, 3.63) is 46.9 Å². The summed E-state index contributed by atoms with van der Waals surface area (Å²) < 4.78 is 14.9. The van der Waals surface area contributed by atoms with Gasteiger partial charge >= 0.3 is 0 Å². The molecule has 0 aliphatic carbocycles. The lowest BCUT2D eigenvalue weighted by Gasteiger charge is -2.38. The van der Waals surface area contributed by atoms with Crippen LogP contribution in [0.15, 0.2) is 30.6 Å². The van der Waals surface area contributed by atoms with E-state index in [0.717, 1.165) is 43.2 Å². The number of aromatic hydroxyl groups is 1. The molecule has 3 heterocycles. The molecule has 0 saturated carbocycles. The highest BCUT2D eigenvalue weighted by Crippen LogP contribution is 2.39. The molecule has 3 aromatic rings. The number of halogens is 1. The number of likely N-dealkylation sites (N-methyl/N-ethyl adjacent to an activating group) is 1. The van der Waals surface area contributed by atoms with Crippen LogP contribution in [0.4, 0.5) is 4.39 Å². The van der Waals surface area contributed by atoms with Crippen LogP contribution in [-0.2, 0) is 0 Å². The molecule has 1 aromatic carbocycles. The largest absolute Gasteiger partial charge is 0.492 e. The first-order valence-corrected chi connectivity index (χ1v) is 9.22. The van der Waals surface area contributed by atoms with Gasteiger partial charge in [0.05, 0.1) is 10.9 Å². The van der Waals surface area contributed by atoms with E-state index in [4.69, 9.17) is 0 Å². The van der Waals surface area contributed by atoms with Gasteiger partial charge in [-0.25, -0.2) is 9.37 Å². The van der Waals surface area contributed by atoms with Gasteiger partial charge in [-0.2, -0.15) is 9.61 Å². The van der Waals surface area contributed by atoms with Crippen LogP contribution >= 0.6 is 11.3 Å². The molecular weight excluding hydrogens is 341 g/mol. The number of thiazole rings is 1. The zero-order valence-electron chi connectivity index (χ0n) is 14.0. The van der Waals surface area contributed by atoms with E-state index in [1.54, 1.807) is 12.1 Å². The van der Waals surface area contributed by atoms with E-state index in [9.17, 15) is 9.50 Å². The first-order valence-electron chi connectivity index (χ1n) is 8.40. The van der Waals surface area contributed by atoms with E-state index in [-0.39, 0.29) is 17.7 Å². The highest BCUT2D eigenvalue weighted by molar-refractivity contribution is 7.17. The molecule has 8 heteroatoms. The Hall–Kier alpha value is -2.03. The van der Waals surface area contributed by atoms with E-state index in [0.29, 0.717) is 4.96 Å². The van der Waals surface area contributed by atoms with Gasteiger partial charge in [-0.1, -0.05) is 30.4 Å². The van der Waals surface area contributed by atoms with Crippen molar-refractivity contribution in [2.24, 2.45) is 0 Å². The minimum atomic E-state index is -0.259. The van der Waals surface area contributed by atoms with Crippen LogP contribution in [0.25, 0.3) is 4.96 Å². The second-order valence-corrected chi connectivity index (χ2v) is 7.18. The van der Waals surface area contributed by atoms with Crippen LogP contribution in [0.5, 0.6) is 5.88 Å². The molecule has 6 nitrogen and oxygen atoms in total. The van der Waals surface area contributed by atoms with Gasteiger partial charge in [0.1, 0.15) is 12.1 Å². The number of piperazine rings is 1. The van der Waals surface area contributed by atoms with Gasteiger partial charge < -0.3 is 10.0 Å². The van der Waals surface area contributed by atoms with Crippen molar-refractivity contribution in [3.8, 4) is 5.88 Å². The van der Waals surface area contributed by atoms with Crippen LogP contribution < -0.4 is 0 Å². The van der Waals surface area contributed by atoms with Crippen molar-refractivity contribution in [1.82, 2.24) is 24.4 Å². The zero-order valence-corrected chi connectivity index (χ0v) is 14.8. The standard InChI is InChI=1S/C17H20FN5OS/c1-2-21-7-9-22(10-8-21)14(12-3-5-13(18)6-4-12)15-16(24)23-17(25-15)19-11-20-23/h3-6,11,14,24H,2,7-10H2,1H3. The van der Waals surface area contributed by atoms with Gasteiger partial charge in [-0.3, -0.25) is 4.90 Å². The summed E-state index contributed by atoms with van der Waals surface area (Å²) >= 11 is 1.43. The van der Waals surface area contributed by atoms with Gasteiger partial charge in [-0.05, 0) is 24.2 Å². The third-order valence-corrected chi connectivity index (χ3v) is 5.88. The quantitative estimate of drug-likeness (QED) is 0.773. The molecule has 0 spiro atoms. The summed E-state index contributed by atoms with van der Waals surface area (Å²) in [7, 11) is 0. The second-order valence-electron chi connectivity index (χ2n) is 6.17. The molecule has 1 N–H and O–H groups in total. The van der Waals surface area contributed by atoms with Crippen molar-refractivity contribution < 1.29 is 9.50 Å². The fourth-order valence-corrected chi connectivity index (χ4v) is 4.47. The third-order valence-electron chi connectivity index (χ3n) is 4.79. The highest BCUT2D eigenvalue weighted by atomic mass is 32.1. The van der Waals surface area contributed by atoms with Crippen LogP contribution in [-0.4, -0.2) is 62.2 Å². The summed E-state index contributed by atoms with van der Waals surface area (Å²) in [5.41, 5.74) is 0.964. The lowest BCUT2D eigenvalue weighted by Crippen LogP contribution is -2.47. The van der Waals surface area contributed by atoms with Crippen molar-refractivity contribution in [2.45, 2.75) is 13.0 Å². The van der Waals surface area contributed by atoms with Crippen LogP contribution in [0.2, 0.25) is 0 Å². The predicted octanol–water partition coefficient (Wildman–Crippen LogP) is 2.36. The molecule has 1 unspecified atom stereocenters. The smallest absolute Gasteiger partial charge is 0.230 e. The number of rotatable bonds is 4. The van der Waals surface area contributed by atoms with Crippen molar-refractivity contribution in [3.63, 3.8) is 0 Å². The summed E-state index contributed by atoms with van der Waals surface area (Å²) in [5.74, 6) is -0.144. The van der Waals surface area contributed by atoms with Crippen LogP contribution in [0, 0.1) is 5.82 Å². The summed E-state index contributed by atoms with van der Waals surface area (Å²) in [6, 6.07) is 6.40. The second kappa shape index (κ2) is 6.70. The molecule has 0 bridgehead atoms. The Balaban J connectivity index is 1.74. The van der Waals surface area contributed by atoms with Crippen LogP contribution in [0.3, 0.4) is 0 Å². The minimum Gasteiger partial charge on any atom is -0.492 e. The molecule has 0 amide bonds. The molecule has 25 heavy (non-hydrogen) atoms. The Bertz CT molecular complexity index is 854. The Morgan fingerprint density at radius 2 is 1.92 bits per heavy atom. The monoisotopic (exact) mass is 361 g/mol. The molecule has 0 radical (unpaired) electrons. The Kier molecular flexibility index (Phi) is 4.41. The van der Waals surface area contributed by atoms with E-state index < -0.39 is 0 Å². The number of benzene rings is 1. The van der Waals surface area contributed by atoms with E-state index in [2.05, 4.69) is 26.8 Å². The fraction of sp³-hybridized carbons (Fsp3) is 0.412. The minimum absolute atomic E-state index is 0.116. The SMILES string of the molecule is CCN1CCN(C(c2ccc(F)cc2)c2sc3ncnn3c2O)CC1. The Morgan fingerprint density at radius 1 is 1.20 bits per heavy atom. The summed E-state index contributed by atoms with van der Waals surface area (Å²) in [5, 5.41) is 14.7. The zero-order chi connectivity index (χ0) is 17.4. The molecule has 1 aliphatic heterocycles. The maximum absolute atomic E-state index is 13.4.